The van der Waals surface area contributed by atoms with Gasteiger partial charge in [-0.2, -0.15) is 0 Å². The lowest BCUT2D eigenvalue weighted by Gasteiger charge is -2.09. The molecule has 1 rings (SSSR count). The van der Waals surface area contributed by atoms with Crippen molar-refractivity contribution in [2.45, 2.75) is 24.6 Å². The molecule has 1 saturated heterocycles. The number of nitrogens with two attached hydrogens (primary N) is 1. The normalized spacial score (nSPS) is 30.2. The molecule has 0 aromatic carbocycles. The first-order valence-corrected chi connectivity index (χ1v) is 5.29. The van der Waals surface area contributed by atoms with Crippen molar-refractivity contribution in [3.8, 4) is 0 Å². The molecule has 3 nitrogen and oxygen atoms in total. The predicted octanol–water partition coefficient (Wildman–Crippen LogP) is -0.129. The summed E-state index contributed by atoms with van der Waals surface area (Å²) in [5.74, 6) is 0.605. The molecule has 0 radical (unpaired) electrons. The highest BCUT2D eigenvalue weighted by Crippen LogP contribution is 2.11. The zero-order valence-corrected chi connectivity index (χ0v) is 7.60. The van der Waals surface area contributed by atoms with E-state index in [0.29, 0.717) is 12.4 Å². The van der Waals surface area contributed by atoms with E-state index in [-0.39, 0.29) is 11.3 Å². The van der Waals surface area contributed by atoms with E-state index in [2.05, 4.69) is 0 Å². The van der Waals surface area contributed by atoms with E-state index in [4.69, 9.17) is 10.5 Å². The Balaban J connectivity index is 2.28. The van der Waals surface area contributed by atoms with E-state index in [0.717, 1.165) is 13.0 Å². The first kappa shape index (κ1) is 9.16. The molecule has 0 spiro atoms. The van der Waals surface area contributed by atoms with Crippen molar-refractivity contribution in [1.82, 2.24) is 0 Å². The Bertz CT molecular complexity index is 143. The summed E-state index contributed by atoms with van der Waals surface area (Å²) >= 11 is 0. The average Bonchev–Trinajstić information content (AvgIpc) is 2.35. The van der Waals surface area contributed by atoms with Gasteiger partial charge in [-0.1, -0.05) is 0 Å². The Morgan fingerprint density at radius 2 is 2.55 bits per heavy atom. The molecule has 4 heteroatoms. The molecule has 66 valence electrons. The Kier molecular flexibility index (Phi) is 3.48. The zero-order valence-electron chi connectivity index (χ0n) is 6.79. The SMILES string of the molecule is CC(N)CS(=O)C1CCOC1. The van der Waals surface area contributed by atoms with E-state index in [1.807, 2.05) is 6.92 Å². The highest BCUT2D eigenvalue weighted by molar-refractivity contribution is 7.85. The summed E-state index contributed by atoms with van der Waals surface area (Å²) in [6.45, 7) is 3.29. The minimum Gasteiger partial charge on any atom is -0.380 e. The standard InChI is InChI=1S/C7H15NO2S/c1-6(8)5-11(9)7-2-3-10-4-7/h6-7H,2-5,8H2,1H3. The fraction of sp³-hybridized carbons (Fsp3) is 1.00. The second kappa shape index (κ2) is 4.18. The molecule has 2 N–H and O–H groups in total. The van der Waals surface area contributed by atoms with E-state index in [9.17, 15) is 4.21 Å². The summed E-state index contributed by atoms with van der Waals surface area (Å²) in [5.41, 5.74) is 5.53. The van der Waals surface area contributed by atoms with Crippen molar-refractivity contribution in [1.29, 1.82) is 0 Å². The molecule has 1 fully saturated rings. The Hall–Kier alpha value is 0.0700. The molecule has 0 aromatic rings. The van der Waals surface area contributed by atoms with Crippen LogP contribution in [0.3, 0.4) is 0 Å². The van der Waals surface area contributed by atoms with Gasteiger partial charge in [0.15, 0.2) is 0 Å². The van der Waals surface area contributed by atoms with Crippen LogP contribution < -0.4 is 5.73 Å². The van der Waals surface area contributed by atoms with Crippen LogP contribution in [0, 0.1) is 0 Å². The minimum atomic E-state index is -0.775. The molecule has 1 aliphatic rings. The summed E-state index contributed by atoms with van der Waals surface area (Å²) in [6.07, 6.45) is 0.930. The van der Waals surface area contributed by atoms with E-state index in [1.54, 1.807) is 0 Å². The maximum atomic E-state index is 11.4. The maximum absolute atomic E-state index is 11.4. The average molecular weight is 177 g/mol. The fourth-order valence-electron chi connectivity index (χ4n) is 1.12. The molecule has 3 atom stereocenters. The van der Waals surface area contributed by atoms with Gasteiger partial charge < -0.3 is 10.5 Å². The highest BCUT2D eigenvalue weighted by Gasteiger charge is 2.22. The molecule has 0 aliphatic carbocycles. The first-order chi connectivity index (χ1) is 5.20. The number of rotatable bonds is 3. The summed E-state index contributed by atoms with van der Waals surface area (Å²) in [7, 11) is -0.775. The molecule has 0 amide bonds. The van der Waals surface area contributed by atoms with Crippen LogP contribution in [0.25, 0.3) is 0 Å². The van der Waals surface area contributed by atoms with Crippen LogP contribution in [-0.4, -0.2) is 34.5 Å². The van der Waals surface area contributed by atoms with Crippen LogP contribution in [-0.2, 0) is 15.5 Å². The molecule has 0 aromatic heterocycles. The van der Waals surface area contributed by atoms with Gasteiger partial charge >= 0.3 is 0 Å². The monoisotopic (exact) mass is 177 g/mol. The van der Waals surface area contributed by atoms with Gasteiger partial charge in [-0.25, -0.2) is 0 Å². The Morgan fingerprint density at radius 3 is 3.00 bits per heavy atom. The molecule has 1 heterocycles. The van der Waals surface area contributed by atoms with Gasteiger partial charge in [0.1, 0.15) is 0 Å². The van der Waals surface area contributed by atoms with Crippen molar-refractivity contribution in [2.24, 2.45) is 5.73 Å². The van der Waals surface area contributed by atoms with Crippen molar-refractivity contribution < 1.29 is 8.95 Å². The smallest absolute Gasteiger partial charge is 0.0610 e. The van der Waals surface area contributed by atoms with Crippen LogP contribution in [0.4, 0.5) is 0 Å². The molecule has 3 unspecified atom stereocenters. The highest BCUT2D eigenvalue weighted by atomic mass is 32.2. The lowest BCUT2D eigenvalue weighted by atomic mass is 10.4. The van der Waals surface area contributed by atoms with E-state index < -0.39 is 10.8 Å². The van der Waals surface area contributed by atoms with Gasteiger partial charge in [-0.3, -0.25) is 4.21 Å². The van der Waals surface area contributed by atoms with Gasteiger partial charge in [0, 0.05) is 29.2 Å². The van der Waals surface area contributed by atoms with Gasteiger partial charge in [-0.05, 0) is 13.3 Å². The zero-order chi connectivity index (χ0) is 8.27. The van der Waals surface area contributed by atoms with Gasteiger partial charge in [0.05, 0.1) is 11.9 Å². The summed E-state index contributed by atoms with van der Waals surface area (Å²) < 4.78 is 16.5. The Labute approximate surface area is 69.8 Å². The topological polar surface area (TPSA) is 52.3 Å². The molecule has 0 bridgehead atoms. The van der Waals surface area contributed by atoms with Gasteiger partial charge in [0.25, 0.3) is 0 Å². The minimum absolute atomic E-state index is 0.0384. The quantitative estimate of drug-likeness (QED) is 0.653. The third-order valence-corrected chi connectivity index (χ3v) is 3.66. The van der Waals surface area contributed by atoms with E-state index in [1.165, 1.54) is 0 Å². The van der Waals surface area contributed by atoms with E-state index >= 15 is 0 Å². The van der Waals surface area contributed by atoms with Crippen molar-refractivity contribution >= 4 is 10.8 Å². The number of hydrogen-bond acceptors (Lipinski definition) is 3. The molecule has 1 aliphatic heterocycles. The first-order valence-electron chi connectivity index (χ1n) is 3.90. The number of ether oxygens (including phenoxy) is 1. The van der Waals surface area contributed by atoms with Crippen LogP contribution in [0.15, 0.2) is 0 Å². The molecule has 11 heavy (non-hydrogen) atoms. The largest absolute Gasteiger partial charge is 0.380 e. The second-order valence-electron chi connectivity index (χ2n) is 3.01. The van der Waals surface area contributed by atoms with Crippen molar-refractivity contribution in [3.05, 3.63) is 0 Å². The van der Waals surface area contributed by atoms with Gasteiger partial charge in [0.2, 0.25) is 0 Å². The third kappa shape index (κ3) is 2.89. The maximum Gasteiger partial charge on any atom is 0.0610 e. The van der Waals surface area contributed by atoms with Crippen LogP contribution >= 0.6 is 0 Å². The second-order valence-corrected chi connectivity index (χ2v) is 4.77. The van der Waals surface area contributed by atoms with Crippen molar-refractivity contribution in [2.75, 3.05) is 19.0 Å². The Morgan fingerprint density at radius 1 is 1.82 bits per heavy atom. The summed E-state index contributed by atoms with van der Waals surface area (Å²) in [5, 5.41) is 0.237. The fourth-order valence-corrected chi connectivity index (χ4v) is 2.51. The number of hydrogen-bond donors (Lipinski definition) is 1. The predicted molar refractivity (Wildman–Crippen MR) is 45.9 cm³/mol. The third-order valence-electron chi connectivity index (χ3n) is 1.69. The van der Waals surface area contributed by atoms with Crippen molar-refractivity contribution in [3.63, 3.8) is 0 Å². The summed E-state index contributed by atoms with van der Waals surface area (Å²) in [4.78, 5) is 0. The lowest BCUT2D eigenvalue weighted by molar-refractivity contribution is 0.199. The van der Waals surface area contributed by atoms with Crippen LogP contribution in [0.2, 0.25) is 0 Å². The molecule has 0 saturated carbocycles. The lowest BCUT2D eigenvalue weighted by Crippen LogP contribution is -2.28. The van der Waals surface area contributed by atoms with Gasteiger partial charge in [-0.15, -0.1) is 0 Å². The summed E-state index contributed by atoms with van der Waals surface area (Å²) in [6, 6.07) is 0.0384. The molecular weight excluding hydrogens is 162 g/mol. The van der Waals surface area contributed by atoms with Crippen LogP contribution in [0.5, 0.6) is 0 Å². The molecular formula is C7H15NO2S. The van der Waals surface area contributed by atoms with Crippen LogP contribution in [0.1, 0.15) is 13.3 Å².